The molecule has 0 amide bonds. The molecule has 0 fully saturated rings. The number of aromatic hydroxyl groups is 1. The van der Waals surface area contributed by atoms with E-state index >= 15 is 0 Å². The van der Waals surface area contributed by atoms with Gasteiger partial charge in [-0.15, -0.1) is 0 Å². The quantitative estimate of drug-likeness (QED) is 0.294. The minimum Gasteiger partial charge on any atom is -0.508 e. The lowest BCUT2D eigenvalue weighted by molar-refractivity contribution is 0.0495. The molecule has 0 bridgehead atoms. The number of ether oxygens (including phenoxy) is 1. The van der Waals surface area contributed by atoms with Crippen LogP contribution in [0.4, 0.5) is 5.69 Å². The molecule has 0 spiro atoms. The van der Waals surface area contributed by atoms with Gasteiger partial charge in [0, 0.05) is 11.3 Å². The number of unbranched alkanes of at least 4 members (excludes halogenated alkanes) is 3. The summed E-state index contributed by atoms with van der Waals surface area (Å²) in [7, 11) is 0. The van der Waals surface area contributed by atoms with Crippen molar-refractivity contribution >= 4 is 17.4 Å². The summed E-state index contributed by atoms with van der Waals surface area (Å²) in [4.78, 5) is 25.6. The van der Waals surface area contributed by atoms with Crippen molar-refractivity contribution in [2.45, 2.75) is 46.0 Å². The average Bonchev–Trinajstić information content (AvgIpc) is 2.67. The normalized spacial score (nSPS) is 10.6. The topological polar surface area (TPSA) is 89.6 Å². The van der Waals surface area contributed by atoms with Gasteiger partial charge in [-0.2, -0.15) is 0 Å². The Morgan fingerprint density at radius 1 is 1.00 bits per heavy atom. The maximum atomic E-state index is 13.0. The number of rotatable bonds is 9. The molecule has 0 atom stereocenters. The molecule has 0 unspecified atom stereocenters. The highest BCUT2D eigenvalue weighted by Crippen LogP contribution is 2.27. The smallest absolute Gasteiger partial charge is 0.338 e. The predicted molar refractivity (Wildman–Crippen MR) is 106 cm³/mol. The molecule has 0 saturated carbocycles. The fraction of sp³-hybridized carbons (Fsp3) is 0.364. The number of benzene rings is 2. The Morgan fingerprint density at radius 3 is 2.33 bits per heavy atom. The molecule has 5 heteroatoms. The van der Waals surface area contributed by atoms with Crippen LogP contribution in [0.25, 0.3) is 0 Å². The van der Waals surface area contributed by atoms with Crippen molar-refractivity contribution in [3.05, 3.63) is 58.7 Å². The van der Waals surface area contributed by atoms with Gasteiger partial charge >= 0.3 is 5.97 Å². The molecule has 2 rings (SSSR count). The number of hydrogen-bond donors (Lipinski definition) is 2. The predicted octanol–water partition coefficient (Wildman–Crippen LogP) is 4.50. The number of nitrogen functional groups attached to an aromatic ring is 1. The molecule has 0 heterocycles. The molecule has 2 aromatic rings. The van der Waals surface area contributed by atoms with Gasteiger partial charge in [-0.05, 0) is 48.7 Å². The summed E-state index contributed by atoms with van der Waals surface area (Å²) in [6, 6.07) is 9.25. The Morgan fingerprint density at radius 2 is 1.70 bits per heavy atom. The number of carbonyl (C=O) groups is 2. The van der Waals surface area contributed by atoms with Crippen LogP contribution in [0.1, 0.15) is 71.4 Å². The Hall–Kier alpha value is -2.82. The fourth-order valence-corrected chi connectivity index (χ4v) is 2.91. The van der Waals surface area contributed by atoms with Crippen LogP contribution in [0, 0.1) is 0 Å². The zero-order valence-corrected chi connectivity index (χ0v) is 16.0. The molecule has 0 aliphatic carbocycles. The molecule has 0 aliphatic heterocycles. The van der Waals surface area contributed by atoms with Gasteiger partial charge in [0.25, 0.3) is 0 Å². The van der Waals surface area contributed by atoms with Crippen molar-refractivity contribution < 1.29 is 19.4 Å². The molecule has 144 valence electrons. The Kier molecular flexibility index (Phi) is 7.41. The zero-order chi connectivity index (χ0) is 19.8. The lowest BCUT2D eigenvalue weighted by Crippen LogP contribution is -2.16. The first-order chi connectivity index (χ1) is 13.0. The SMILES string of the molecule is CCCCCCOC(=O)c1ccc(CC)c(N)c1C(=O)c1ccc(O)cc1. The van der Waals surface area contributed by atoms with Gasteiger partial charge < -0.3 is 15.6 Å². The second-order valence-corrected chi connectivity index (χ2v) is 6.49. The number of hydrogen-bond acceptors (Lipinski definition) is 5. The van der Waals surface area contributed by atoms with E-state index in [0.29, 0.717) is 24.3 Å². The molecule has 0 radical (unpaired) electrons. The third kappa shape index (κ3) is 5.09. The maximum absolute atomic E-state index is 13.0. The first kappa shape index (κ1) is 20.5. The van der Waals surface area contributed by atoms with E-state index < -0.39 is 5.97 Å². The highest BCUT2D eigenvalue weighted by molar-refractivity contribution is 6.17. The lowest BCUT2D eigenvalue weighted by Gasteiger charge is -2.14. The summed E-state index contributed by atoms with van der Waals surface area (Å²) in [6.45, 7) is 4.37. The van der Waals surface area contributed by atoms with E-state index in [4.69, 9.17) is 10.5 Å². The standard InChI is InChI=1S/C22H27NO4/c1-3-5-6-7-14-27-22(26)18-13-10-15(4-2)20(23)19(18)21(25)16-8-11-17(24)12-9-16/h8-13,24H,3-7,14,23H2,1-2H3. The number of phenols is 1. The first-order valence-electron chi connectivity index (χ1n) is 9.41. The van der Waals surface area contributed by atoms with Crippen molar-refractivity contribution in [2.75, 3.05) is 12.3 Å². The summed E-state index contributed by atoms with van der Waals surface area (Å²) in [5.74, 6) is -0.836. The third-order valence-electron chi connectivity index (χ3n) is 4.52. The Labute approximate surface area is 160 Å². The van der Waals surface area contributed by atoms with E-state index in [1.807, 2.05) is 6.92 Å². The van der Waals surface area contributed by atoms with E-state index in [1.165, 1.54) is 24.3 Å². The van der Waals surface area contributed by atoms with Crippen LogP contribution in [-0.4, -0.2) is 23.5 Å². The number of ketones is 1. The van der Waals surface area contributed by atoms with E-state index in [1.54, 1.807) is 12.1 Å². The van der Waals surface area contributed by atoms with Gasteiger partial charge in [0.1, 0.15) is 5.75 Å². The van der Waals surface area contributed by atoms with Gasteiger partial charge in [0.2, 0.25) is 0 Å². The number of carbonyl (C=O) groups excluding carboxylic acids is 2. The largest absolute Gasteiger partial charge is 0.508 e. The highest BCUT2D eigenvalue weighted by Gasteiger charge is 2.24. The van der Waals surface area contributed by atoms with Crippen LogP contribution in [0.3, 0.4) is 0 Å². The molecule has 5 nitrogen and oxygen atoms in total. The zero-order valence-electron chi connectivity index (χ0n) is 16.0. The minimum absolute atomic E-state index is 0.0635. The van der Waals surface area contributed by atoms with Crippen molar-refractivity contribution in [3.8, 4) is 5.75 Å². The molecule has 0 saturated heterocycles. The average molecular weight is 369 g/mol. The number of anilines is 1. The third-order valence-corrected chi connectivity index (χ3v) is 4.52. The van der Waals surface area contributed by atoms with Gasteiger partial charge in [-0.3, -0.25) is 4.79 Å². The molecular weight excluding hydrogens is 342 g/mol. The van der Waals surface area contributed by atoms with Crippen molar-refractivity contribution in [3.63, 3.8) is 0 Å². The van der Waals surface area contributed by atoms with Gasteiger partial charge in [-0.25, -0.2) is 4.79 Å². The number of aryl methyl sites for hydroxylation is 1. The summed E-state index contributed by atoms with van der Waals surface area (Å²) in [6.07, 6.45) is 4.64. The number of phenolic OH excluding ortho intramolecular Hbond substituents is 1. The summed E-state index contributed by atoms with van der Waals surface area (Å²) < 4.78 is 5.36. The molecule has 3 N–H and O–H groups in total. The second-order valence-electron chi connectivity index (χ2n) is 6.49. The molecule has 27 heavy (non-hydrogen) atoms. The van der Waals surface area contributed by atoms with Crippen LogP contribution >= 0.6 is 0 Å². The van der Waals surface area contributed by atoms with Crippen LogP contribution in [0.15, 0.2) is 36.4 Å². The highest BCUT2D eigenvalue weighted by atomic mass is 16.5. The molecule has 0 aliphatic rings. The van der Waals surface area contributed by atoms with Gasteiger partial charge in [0.15, 0.2) is 5.78 Å². The van der Waals surface area contributed by atoms with E-state index in [9.17, 15) is 14.7 Å². The molecule has 0 aromatic heterocycles. The van der Waals surface area contributed by atoms with E-state index in [2.05, 4.69) is 6.92 Å². The molecule has 2 aromatic carbocycles. The summed E-state index contributed by atoms with van der Waals surface area (Å²) >= 11 is 0. The molecular formula is C22H27NO4. The maximum Gasteiger partial charge on any atom is 0.338 e. The van der Waals surface area contributed by atoms with Gasteiger partial charge in [0.05, 0.1) is 17.7 Å². The number of esters is 1. The summed E-state index contributed by atoms with van der Waals surface area (Å²) in [5, 5.41) is 9.44. The monoisotopic (exact) mass is 369 g/mol. The van der Waals surface area contributed by atoms with E-state index in [-0.39, 0.29) is 22.7 Å². The Balaban J connectivity index is 2.32. The Bertz CT molecular complexity index is 797. The van der Waals surface area contributed by atoms with Crippen molar-refractivity contribution in [2.24, 2.45) is 0 Å². The van der Waals surface area contributed by atoms with Crippen LogP contribution in [0.2, 0.25) is 0 Å². The lowest BCUT2D eigenvalue weighted by atomic mass is 9.93. The van der Waals surface area contributed by atoms with Gasteiger partial charge in [-0.1, -0.05) is 39.2 Å². The van der Waals surface area contributed by atoms with E-state index in [0.717, 1.165) is 31.2 Å². The first-order valence-corrected chi connectivity index (χ1v) is 9.41. The minimum atomic E-state index is -0.539. The second kappa shape index (κ2) is 9.76. The van der Waals surface area contributed by atoms with Crippen molar-refractivity contribution in [1.82, 2.24) is 0 Å². The van der Waals surface area contributed by atoms with Crippen molar-refractivity contribution in [1.29, 1.82) is 0 Å². The summed E-state index contributed by atoms with van der Waals surface area (Å²) in [5.41, 5.74) is 8.02. The fourth-order valence-electron chi connectivity index (χ4n) is 2.91. The van der Waals surface area contributed by atoms with Crippen LogP contribution < -0.4 is 5.73 Å². The van der Waals surface area contributed by atoms with Crippen LogP contribution in [0.5, 0.6) is 5.75 Å². The van der Waals surface area contributed by atoms with Crippen LogP contribution in [-0.2, 0) is 11.2 Å². The number of nitrogens with two attached hydrogens (primary N) is 1.